The van der Waals surface area contributed by atoms with Crippen LogP contribution in [0.5, 0.6) is 5.75 Å². The number of urea groups is 1. The van der Waals surface area contributed by atoms with Gasteiger partial charge in [0.05, 0.1) is 4.90 Å². The molecule has 1 aliphatic rings. The molecule has 3 amide bonds. The number of aryl methyl sites for hydroxylation is 1. The standard InChI is InChI=1S/C27H29F5N6O5S/c1-3-26(28,29)19-6-4-18(5-7-19)16-33-24(39)22-17-37(25(40)34-23-12-13-36(2)35-23)14-15-38(22)44(41,42)21-10-8-20(9-11-21)43-27(30,31)32/h4-13,22H,3,14-17H2,1-2H3,(H,33,39)(H,34,35,40)/t22-/m1/s1. The van der Waals surface area contributed by atoms with Crippen LogP contribution in [0, 0.1) is 0 Å². The van der Waals surface area contributed by atoms with Crippen LogP contribution < -0.4 is 15.4 Å². The summed E-state index contributed by atoms with van der Waals surface area (Å²) >= 11 is 0. The van der Waals surface area contributed by atoms with Crippen LogP contribution in [0.2, 0.25) is 0 Å². The highest BCUT2D eigenvalue weighted by Gasteiger charge is 2.41. The molecule has 1 aromatic heterocycles. The summed E-state index contributed by atoms with van der Waals surface area (Å²) in [4.78, 5) is 27.2. The van der Waals surface area contributed by atoms with Gasteiger partial charge < -0.3 is 15.0 Å². The van der Waals surface area contributed by atoms with Crippen molar-refractivity contribution < 1.29 is 44.7 Å². The van der Waals surface area contributed by atoms with Gasteiger partial charge in [-0.25, -0.2) is 22.0 Å². The Labute approximate surface area is 249 Å². The Bertz CT molecular complexity index is 1580. The third kappa shape index (κ3) is 7.82. The SMILES string of the molecule is CCC(F)(F)c1ccc(CNC(=O)[C@H]2CN(C(=O)Nc3ccn(C)n3)CCN2S(=O)(=O)c2ccc(OC(F)(F)F)cc2)cc1. The monoisotopic (exact) mass is 644 g/mol. The first-order chi connectivity index (χ1) is 20.6. The van der Waals surface area contributed by atoms with Crippen molar-refractivity contribution in [1.29, 1.82) is 0 Å². The smallest absolute Gasteiger partial charge is 0.406 e. The first-order valence-electron chi connectivity index (χ1n) is 13.3. The summed E-state index contributed by atoms with van der Waals surface area (Å²) in [5.41, 5.74) is 0.269. The van der Waals surface area contributed by atoms with Gasteiger partial charge in [0.1, 0.15) is 11.8 Å². The molecule has 3 aromatic rings. The number of amides is 3. The minimum absolute atomic E-state index is 0.121. The molecule has 1 fully saturated rings. The van der Waals surface area contributed by atoms with E-state index in [-0.39, 0.29) is 37.6 Å². The van der Waals surface area contributed by atoms with Crippen molar-refractivity contribution in [2.24, 2.45) is 7.05 Å². The average molecular weight is 645 g/mol. The van der Waals surface area contributed by atoms with Crippen LogP contribution in [-0.4, -0.2) is 71.4 Å². The van der Waals surface area contributed by atoms with Gasteiger partial charge in [-0.2, -0.15) is 9.40 Å². The molecular formula is C27H29F5N6O5S. The summed E-state index contributed by atoms with van der Waals surface area (Å²) < 4.78 is 98.9. The fourth-order valence-electron chi connectivity index (χ4n) is 4.45. The molecule has 2 heterocycles. The summed E-state index contributed by atoms with van der Waals surface area (Å²) in [7, 11) is -2.81. The van der Waals surface area contributed by atoms with E-state index in [4.69, 9.17) is 0 Å². The van der Waals surface area contributed by atoms with E-state index in [9.17, 15) is 40.0 Å². The third-order valence-electron chi connectivity index (χ3n) is 6.82. The van der Waals surface area contributed by atoms with Crippen LogP contribution in [0.1, 0.15) is 24.5 Å². The van der Waals surface area contributed by atoms with E-state index in [2.05, 4.69) is 20.5 Å². The van der Waals surface area contributed by atoms with Gasteiger partial charge >= 0.3 is 12.4 Å². The summed E-state index contributed by atoms with van der Waals surface area (Å²) in [5.74, 6) is -4.21. The van der Waals surface area contributed by atoms with Crippen LogP contribution in [-0.2, 0) is 34.3 Å². The lowest BCUT2D eigenvalue weighted by Crippen LogP contribution is -2.61. The number of hydrogen-bond acceptors (Lipinski definition) is 6. The van der Waals surface area contributed by atoms with Crippen LogP contribution in [0.25, 0.3) is 0 Å². The Morgan fingerprint density at radius 1 is 1.00 bits per heavy atom. The molecule has 4 rings (SSSR count). The van der Waals surface area contributed by atoms with Crippen LogP contribution in [0.4, 0.5) is 32.6 Å². The third-order valence-corrected chi connectivity index (χ3v) is 8.74. The maximum absolute atomic E-state index is 14.0. The molecular weight excluding hydrogens is 615 g/mol. The van der Waals surface area contributed by atoms with Gasteiger partial charge in [-0.15, -0.1) is 13.2 Å². The number of rotatable bonds is 9. The number of carbonyl (C=O) groups is 2. The number of aromatic nitrogens is 2. The van der Waals surface area contributed by atoms with E-state index >= 15 is 0 Å². The first kappa shape index (κ1) is 32.7. The zero-order chi connectivity index (χ0) is 32.3. The van der Waals surface area contributed by atoms with E-state index in [0.717, 1.165) is 28.6 Å². The largest absolute Gasteiger partial charge is 0.573 e. The second kappa shape index (κ2) is 12.8. The van der Waals surface area contributed by atoms with Crippen LogP contribution in [0.3, 0.4) is 0 Å². The molecule has 44 heavy (non-hydrogen) atoms. The van der Waals surface area contributed by atoms with Crippen molar-refractivity contribution in [2.45, 2.75) is 43.1 Å². The zero-order valence-corrected chi connectivity index (χ0v) is 24.3. The molecule has 0 radical (unpaired) electrons. The van der Waals surface area contributed by atoms with Gasteiger partial charge in [-0.1, -0.05) is 31.2 Å². The van der Waals surface area contributed by atoms with Gasteiger partial charge in [0.25, 0.3) is 5.92 Å². The van der Waals surface area contributed by atoms with Gasteiger partial charge in [0.2, 0.25) is 15.9 Å². The number of nitrogens with one attached hydrogen (secondary N) is 2. The topological polar surface area (TPSA) is 126 Å². The van der Waals surface area contributed by atoms with Gasteiger partial charge in [-0.05, 0) is 29.8 Å². The Hall–Kier alpha value is -4.25. The van der Waals surface area contributed by atoms with E-state index < -0.39 is 57.4 Å². The molecule has 0 aliphatic carbocycles. The number of sulfonamides is 1. The van der Waals surface area contributed by atoms with Crippen molar-refractivity contribution in [3.63, 3.8) is 0 Å². The van der Waals surface area contributed by atoms with E-state index in [1.54, 1.807) is 13.2 Å². The summed E-state index contributed by atoms with van der Waals surface area (Å²) in [6.45, 7) is 0.399. The van der Waals surface area contributed by atoms with E-state index in [0.29, 0.717) is 5.56 Å². The number of benzene rings is 2. The Morgan fingerprint density at radius 2 is 1.66 bits per heavy atom. The summed E-state index contributed by atoms with van der Waals surface area (Å²) in [6.07, 6.45) is -3.78. The highest BCUT2D eigenvalue weighted by atomic mass is 32.2. The highest BCUT2D eigenvalue weighted by molar-refractivity contribution is 7.89. The molecule has 17 heteroatoms. The lowest BCUT2D eigenvalue weighted by molar-refractivity contribution is -0.274. The van der Waals surface area contributed by atoms with Crippen molar-refractivity contribution in [3.05, 3.63) is 71.9 Å². The number of carbonyl (C=O) groups excluding carboxylic acids is 2. The zero-order valence-electron chi connectivity index (χ0n) is 23.5. The predicted molar refractivity (Wildman–Crippen MR) is 147 cm³/mol. The molecule has 238 valence electrons. The van der Waals surface area contributed by atoms with Crippen molar-refractivity contribution in [2.75, 3.05) is 25.0 Å². The Balaban J connectivity index is 1.54. The number of halogens is 5. The van der Waals surface area contributed by atoms with Crippen LogP contribution >= 0.6 is 0 Å². The fourth-order valence-corrected chi connectivity index (χ4v) is 6.02. The molecule has 0 saturated carbocycles. The van der Waals surface area contributed by atoms with Gasteiger partial charge in [-0.3, -0.25) is 14.8 Å². The van der Waals surface area contributed by atoms with E-state index in [1.165, 1.54) is 46.8 Å². The maximum Gasteiger partial charge on any atom is 0.573 e. The first-order valence-corrected chi connectivity index (χ1v) is 14.7. The highest BCUT2D eigenvalue weighted by Crippen LogP contribution is 2.31. The average Bonchev–Trinajstić information content (AvgIpc) is 3.39. The normalized spacial score (nSPS) is 16.4. The number of piperazine rings is 1. The number of ether oxygens (including phenoxy) is 1. The number of nitrogens with zero attached hydrogens (tertiary/aromatic N) is 4. The summed E-state index contributed by atoms with van der Waals surface area (Å²) in [5, 5.41) is 9.22. The van der Waals surface area contributed by atoms with Gasteiger partial charge in [0.15, 0.2) is 5.82 Å². The van der Waals surface area contributed by atoms with Crippen molar-refractivity contribution in [1.82, 2.24) is 24.3 Å². The lowest BCUT2D eigenvalue weighted by atomic mass is 10.0. The quantitative estimate of drug-likeness (QED) is 0.339. The lowest BCUT2D eigenvalue weighted by Gasteiger charge is -2.39. The molecule has 0 bridgehead atoms. The predicted octanol–water partition coefficient (Wildman–Crippen LogP) is 4.04. The van der Waals surface area contributed by atoms with Gasteiger partial charge in [0, 0.05) is 57.5 Å². The molecule has 2 aromatic carbocycles. The Morgan fingerprint density at radius 3 is 2.23 bits per heavy atom. The second-order valence-corrected chi connectivity index (χ2v) is 11.8. The number of alkyl halides is 5. The molecule has 2 N–H and O–H groups in total. The van der Waals surface area contributed by atoms with Crippen molar-refractivity contribution in [3.8, 4) is 5.75 Å². The molecule has 11 nitrogen and oxygen atoms in total. The second-order valence-electron chi connectivity index (χ2n) is 9.87. The molecule has 1 atom stereocenters. The van der Waals surface area contributed by atoms with Crippen LogP contribution in [0.15, 0.2) is 65.7 Å². The summed E-state index contributed by atoms with van der Waals surface area (Å²) in [6, 6.07) is 8.23. The van der Waals surface area contributed by atoms with Crippen molar-refractivity contribution >= 4 is 27.8 Å². The van der Waals surface area contributed by atoms with E-state index in [1.807, 2.05) is 0 Å². The molecule has 1 aliphatic heterocycles. The number of anilines is 1. The molecule has 1 saturated heterocycles. The Kier molecular flexibility index (Phi) is 9.48. The molecule has 0 unspecified atom stereocenters. The molecule has 0 spiro atoms. The minimum atomic E-state index is -4.98. The number of hydrogen-bond donors (Lipinski definition) is 2. The minimum Gasteiger partial charge on any atom is -0.406 e. The fraction of sp³-hybridized carbons (Fsp3) is 0.370. The maximum atomic E-state index is 14.0.